The summed E-state index contributed by atoms with van der Waals surface area (Å²) in [6.45, 7) is 6.95. The molecule has 0 radical (unpaired) electrons. The highest BCUT2D eigenvalue weighted by Crippen LogP contribution is 2.38. The number of nitrogens with zero attached hydrogens (tertiary/aromatic N) is 1. The number of esters is 1. The fraction of sp³-hybridized carbons (Fsp3) is 0.679. The number of ether oxygens (including phenoxy) is 4. The van der Waals surface area contributed by atoms with Crippen LogP contribution in [-0.2, 0) is 33.3 Å². The van der Waals surface area contributed by atoms with Crippen LogP contribution < -0.4 is 16.4 Å². The van der Waals surface area contributed by atoms with Gasteiger partial charge in [0.1, 0.15) is 18.3 Å². The molecule has 2 fully saturated rings. The van der Waals surface area contributed by atoms with E-state index in [1.807, 2.05) is 50.2 Å². The third kappa shape index (κ3) is 22.3. The van der Waals surface area contributed by atoms with Crippen LogP contribution in [0.5, 0.6) is 0 Å². The van der Waals surface area contributed by atoms with E-state index < -0.39 is 159 Å². The van der Waals surface area contributed by atoms with E-state index in [0.29, 0.717) is 6.54 Å². The van der Waals surface area contributed by atoms with E-state index in [0.717, 1.165) is 0 Å². The van der Waals surface area contributed by atoms with Crippen LogP contribution in [0.4, 0.5) is 0 Å². The Morgan fingerprint density at radius 2 is 1.31 bits per heavy atom. The highest BCUT2D eigenvalue weighted by Gasteiger charge is 2.51. The molecule has 0 aromatic rings. The van der Waals surface area contributed by atoms with Gasteiger partial charge >= 0.3 is 5.97 Å². The Balaban J connectivity index is 1.98. The Morgan fingerprint density at radius 3 is 1.91 bits per heavy atom. The SMILES string of the molecule is C[C@@H]1[C@H](O)[C@@H](C)/C=C/C=C/C=C/C=C/C=C/C=C/C=C/[C@H](O[C@@H]2O[C@H](C)[C@@H](O)[C@H](NC(=O)CN)[C@@H]2O)C[C@@H]2O[C@](O)(C[C@@H](O)C[C@@H](O)[C@H](O)CC[C@@H](O)C[C@@H](O)CC(=O)O[C@H]1C)C[C@H](O)[C@H]2C(=O)NCCN(C)C. The van der Waals surface area contributed by atoms with Gasteiger partial charge in [-0.1, -0.05) is 98.9 Å². The first-order chi connectivity index (χ1) is 34.9. The van der Waals surface area contributed by atoms with Crippen molar-refractivity contribution in [1.29, 1.82) is 0 Å². The molecular weight excluding hydrogens is 965 g/mol. The Hall–Kier alpha value is -4.01. The predicted molar refractivity (Wildman–Crippen MR) is 274 cm³/mol. The van der Waals surface area contributed by atoms with Gasteiger partial charge in [0.25, 0.3) is 0 Å². The monoisotopic (exact) mass is 1050 g/mol. The topological polar surface area (TPSA) is 344 Å². The summed E-state index contributed by atoms with van der Waals surface area (Å²) in [5.41, 5.74) is 5.50. The molecule has 0 aliphatic carbocycles. The summed E-state index contributed by atoms with van der Waals surface area (Å²) in [5.74, 6) is -6.37. The minimum absolute atomic E-state index is 0.109. The van der Waals surface area contributed by atoms with E-state index in [-0.39, 0.29) is 38.1 Å². The van der Waals surface area contributed by atoms with Crippen LogP contribution in [0.25, 0.3) is 0 Å². The second-order valence-electron chi connectivity index (χ2n) is 20.0. The molecule has 0 spiro atoms. The normalized spacial score (nSPS) is 41.4. The van der Waals surface area contributed by atoms with Gasteiger partial charge in [0.05, 0.1) is 86.0 Å². The molecule has 3 aliphatic heterocycles. The lowest BCUT2D eigenvalue weighted by molar-refractivity contribution is -0.307. The van der Waals surface area contributed by atoms with Crippen molar-refractivity contribution in [1.82, 2.24) is 15.5 Å². The van der Waals surface area contributed by atoms with E-state index in [9.17, 15) is 65.4 Å². The van der Waals surface area contributed by atoms with Crippen molar-refractivity contribution in [3.05, 3.63) is 85.1 Å². The lowest BCUT2D eigenvalue weighted by atomic mass is 9.82. The van der Waals surface area contributed by atoms with Gasteiger partial charge in [-0.25, -0.2) is 0 Å². The van der Waals surface area contributed by atoms with Gasteiger partial charge in [-0.15, -0.1) is 0 Å². The zero-order valence-corrected chi connectivity index (χ0v) is 43.6. The third-order valence-electron chi connectivity index (χ3n) is 13.4. The molecule has 3 heterocycles. The van der Waals surface area contributed by atoms with Gasteiger partial charge in [0, 0.05) is 50.6 Å². The van der Waals surface area contributed by atoms with E-state index in [1.165, 1.54) is 6.92 Å². The number of hydrogen-bond acceptors (Lipinski definition) is 19. The van der Waals surface area contributed by atoms with Gasteiger partial charge in [-0.05, 0) is 47.2 Å². The van der Waals surface area contributed by atoms with Crippen molar-refractivity contribution >= 4 is 17.8 Å². The zero-order chi connectivity index (χ0) is 55.1. The van der Waals surface area contributed by atoms with Crippen LogP contribution in [0.3, 0.4) is 0 Å². The third-order valence-corrected chi connectivity index (χ3v) is 13.4. The number of nitrogens with one attached hydrogen (secondary N) is 2. The molecule has 21 nitrogen and oxygen atoms in total. The molecule has 2 saturated heterocycles. The summed E-state index contributed by atoms with van der Waals surface area (Å²) < 4.78 is 23.9. The number of aliphatic hydroxyl groups is 10. The smallest absolute Gasteiger partial charge is 0.308 e. The van der Waals surface area contributed by atoms with Crippen LogP contribution in [0.2, 0.25) is 0 Å². The number of cyclic esters (lactones) is 1. The summed E-state index contributed by atoms with van der Waals surface area (Å²) >= 11 is 0. The van der Waals surface area contributed by atoms with Gasteiger partial charge in [0.2, 0.25) is 11.8 Å². The van der Waals surface area contributed by atoms with Crippen molar-refractivity contribution in [2.45, 2.75) is 177 Å². The highest BCUT2D eigenvalue weighted by atomic mass is 16.7. The van der Waals surface area contributed by atoms with Gasteiger partial charge in [-0.2, -0.15) is 0 Å². The van der Waals surface area contributed by atoms with E-state index in [1.54, 1.807) is 74.6 Å². The Bertz CT molecular complexity index is 1910. The van der Waals surface area contributed by atoms with E-state index in [4.69, 9.17) is 24.7 Å². The maximum atomic E-state index is 13.9. The molecule has 2 amide bonds. The minimum atomic E-state index is -2.31. The average molecular weight is 1050 g/mol. The molecule has 74 heavy (non-hydrogen) atoms. The predicted octanol–water partition coefficient (Wildman–Crippen LogP) is -0.579. The van der Waals surface area contributed by atoms with E-state index >= 15 is 0 Å². The summed E-state index contributed by atoms with van der Waals surface area (Å²) in [5, 5.41) is 116. The summed E-state index contributed by atoms with van der Waals surface area (Å²) in [4.78, 5) is 40.7. The largest absolute Gasteiger partial charge is 0.462 e. The maximum Gasteiger partial charge on any atom is 0.308 e. The van der Waals surface area contributed by atoms with Crippen molar-refractivity contribution in [2.24, 2.45) is 23.5 Å². The molecule has 14 N–H and O–H groups in total. The number of fused-ring (bicyclic) bond motifs is 2. The van der Waals surface area contributed by atoms with Crippen LogP contribution >= 0.6 is 0 Å². The van der Waals surface area contributed by atoms with Crippen LogP contribution in [0.15, 0.2) is 85.1 Å². The first kappa shape index (κ1) is 64.3. The van der Waals surface area contributed by atoms with Crippen LogP contribution in [0.1, 0.15) is 79.1 Å². The zero-order valence-electron chi connectivity index (χ0n) is 43.6. The molecule has 3 aliphatic rings. The minimum Gasteiger partial charge on any atom is -0.462 e. The number of carbonyl (C=O) groups excluding carboxylic acids is 3. The number of carbonyl (C=O) groups is 3. The second-order valence-corrected chi connectivity index (χ2v) is 20.0. The molecule has 0 aromatic carbocycles. The lowest BCUT2D eigenvalue weighted by Gasteiger charge is -2.46. The number of likely N-dealkylation sites (N-methyl/N-ethyl adjacent to an activating group) is 1. The first-order valence-electron chi connectivity index (χ1n) is 25.6. The lowest BCUT2D eigenvalue weighted by Crippen LogP contribution is -2.64. The average Bonchev–Trinajstić information content (AvgIpc) is 3.31. The Labute approximate surface area is 435 Å². The number of aliphatic hydroxyl groups excluding tert-OH is 9. The number of hydrogen-bond donors (Lipinski definition) is 13. The number of nitrogens with two attached hydrogens (primary N) is 1. The van der Waals surface area contributed by atoms with Crippen molar-refractivity contribution in [3.63, 3.8) is 0 Å². The van der Waals surface area contributed by atoms with Crippen molar-refractivity contribution in [2.75, 3.05) is 33.7 Å². The fourth-order valence-corrected chi connectivity index (χ4v) is 8.89. The molecule has 0 aromatic heterocycles. The van der Waals surface area contributed by atoms with Crippen molar-refractivity contribution < 1.29 is 84.4 Å². The molecule has 2 bridgehead atoms. The van der Waals surface area contributed by atoms with Crippen molar-refractivity contribution in [3.8, 4) is 0 Å². The quantitative estimate of drug-likeness (QED) is 0.135. The summed E-state index contributed by atoms with van der Waals surface area (Å²) in [6, 6.07) is -1.26. The van der Waals surface area contributed by atoms with Gasteiger partial charge in [0.15, 0.2) is 12.1 Å². The maximum absolute atomic E-state index is 13.9. The Kier molecular flexibility index (Phi) is 28.3. The standard InChI is InChI=1S/C53H86N4O17/c1-32-19-17-15-13-11-9-7-8-10-12-14-16-18-20-39(73-52-50(68)47(56-44(64)31-54)49(67)35(4)72-52)28-43-46(51(69)55-23-24-57(5)6)42(63)30-53(70,74-43)29-38(60)26-41(62)40(61)22-21-36(58)25-37(59)27-45(65)71-34(3)33(2)48(32)66/h7-20,32-43,46-50,52,58-63,66-68,70H,21-31,54H2,1-6H3,(H,55,69)(H,56,64)/b8-7+,11-9+,12-10+,15-13+,16-14+,19-17+,20-18+/t32-,33-,34-,35+,36+,37+,38-,39-,40+,41+,42-,43-,46+,47-,48+,49+,50-,52-,53+/m0/s1. The first-order valence-corrected chi connectivity index (χ1v) is 25.6. The molecule has 0 unspecified atom stereocenters. The van der Waals surface area contributed by atoms with Gasteiger partial charge in [-0.3, -0.25) is 14.4 Å². The number of allylic oxidation sites excluding steroid dienone is 12. The van der Waals surface area contributed by atoms with E-state index in [2.05, 4.69) is 10.6 Å². The summed E-state index contributed by atoms with van der Waals surface area (Å²) in [7, 11) is 3.62. The fourth-order valence-electron chi connectivity index (χ4n) is 8.89. The summed E-state index contributed by atoms with van der Waals surface area (Å²) in [6.07, 6.45) is 3.50. The number of amides is 2. The van der Waals surface area contributed by atoms with Crippen LogP contribution in [0, 0.1) is 17.8 Å². The molecule has 3 rings (SSSR count). The second kappa shape index (κ2) is 32.5. The molecule has 21 heteroatoms. The molecule has 0 saturated carbocycles. The molecular formula is C53H86N4O17. The Morgan fingerprint density at radius 1 is 0.716 bits per heavy atom. The molecule has 420 valence electrons. The number of rotatable bonds is 8. The molecule has 19 atom stereocenters. The van der Waals surface area contributed by atoms with Gasteiger partial charge < -0.3 is 91.3 Å². The highest BCUT2D eigenvalue weighted by molar-refractivity contribution is 5.80. The van der Waals surface area contributed by atoms with Crippen LogP contribution in [-0.4, -0.2) is 205 Å².